The Morgan fingerprint density at radius 2 is 2.00 bits per heavy atom. The average Bonchev–Trinajstić information content (AvgIpc) is 2.39. The van der Waals surface area contributed by atoms with E-state index in [0.29, 0.717) is 12.1 Å². The molecule has 0 saturated heterocycles. The number of anilines is 1. The Balaban J connectivity index is 2.42. The number of hydrogen-bond acceptors (Lipinski definition) is 3. The third kappa shape index (κ3) is 4.87. The summed E-state index contributed by atoms with van der Waals surface area (Å²) in [6.45, 7) is 2.32. The zero-order valence-electron chi connectivity index (χ0n) is 11.2. The van der Waals surface area contributed by atoms with Gasteiger partial charge >= 0.3 is 0 Å². The van der Waals surface area contributed by atoms with Gasteiger partial charge in [0.1, 0.15) is 5.82 Å². The monoisotopic (exact) mass is 268 g/mol. The van der Waals surface area contributed by atoms with Gasteiger partial charge in [-0.1, -0.05) is 12.8 Å². The SMILES string of the molecule is Cc1c(N)cc(C(=O)NCCCCCCO)cc1F. The van der Waals surface area contributed by atoms with Gasteiger partial charge in [0, 0.05) is 30.0 Å². The summed E-state index contributed by atoms with van der Waals surface area (Å²) < 4.78 is 13.4. The van der Waals surface area contributed by atoms with Crippen LogP contribution in [0, 0.1) is 12.7 Å². The zero-order valence-corrected chi connectivity index (χ0v) is 11.2. The molecular formula is C14H21FN2O2. The van der Waals surface area contributed by atoms with Crippen LogP contribution in [0.3, 0.4) is 0 Å². The third-order valence-electron chi connectivity index (χ3n) is 3.02. The van der Waals surface area contributed by atoms with Gasteiger partial charge < -0.3 is 16.2 Å². The van der Waals surface area contributed by atoms with Crippen molar-refractivity contribution in [2.45, 2.75) is 32.6 Å². The molecule has 1 aromatic rings. The molecule has 0 heterocycles. The molecule has 0 atom stereocenters. The molecule has 4 N–H and O–H groups in total. The minimum Gasteiger partial charge on any atom is -0.398 e. The molecule has 0 aliphatic carbocycles. The number of aliphatic hydroxyl groups excluding tert-OH is 1. The Bertz CT molecular complexity index is 412. The second kappa shape index (κ2) is 7.74. The van der Waals surface area contributed by atoms with Crippen LogP contribution in [-0.4, -0.2) is 24.2 Å². The van der Waals surface area contributed by atoms with E-state index in [0.717, 1.165) is 25.7 Å². The molecule has 1 aromatic carbocycles. The fraction of sp³-hybridized carbons (Fsp3) is 0.500. The Kier molecular flexibility index (Phi) is 6.29. The van der Waals surface area contributed by atoms with Crippen molar-refractivity contribution in [1.29, 1.82) is 0 Å². The van der Waals surface area contributed by atoms with Crippen LogP contribution in [0.2, 0.25) is 0 Å². The van der Waals surface area contributed by atoms with E-state index in [4.69, 9.17) is 10.8 Å². The van der Waals surface area contributed by atoms with Crippen molar-refractivity contribution in [3.8, 4) is 0 Å². The summed E-state index contributed by atoms with van der Waals surface area (Å²) >= 11 is 0. The first-order valence-corrected chi connectivity index (χ1v) is 6.51. The van der Waals surface area contributed by atoms with E-state index in [1.165, 1.54) is 12.1 Å². The second-order valence-electron chi connectivity index (χ2n) is 4.57. The van der Waals surface area contributed by atoms with E-state index < -0.39 is 5.82 Å². The van der Waals surface area contributed by atoms with E-state index in [1.807, 2.05) is 0 Å². The Morgan fingerprint density at radius 3 is 2.63 bits per heavy atom. The number of rotatable bonds is 7. The number of unbranched alkanes of at least 4 members (excludes halogenated alkanes) is 3. The number of benzene rings is 1. The van der Waals surface area contributed by atoms with Crippen molar-refractivity contribution in [3.05, 3.63) is 29.1 Å². The standard InChI is InChI=1S/C14H21FN2O2/c1-10-12(15)8-11(9-13(10)16)14(19)17-6-4-2-3-5-7-18/h8-9,18H,2-7,16H2,1H3,(H,17,19). The molecule has 0 aliphatic rings. The second-order valence-corrected chi connectivity index (χ2v) is 4.57. The maximum atomic E-state index is 13.4. The Labute approximate surface area is 112 Å². The number of hydrogen-bond donors (Lipinski definition) is 3. The van der Waals surface area contributed by atoms with E-state index >= 15 is 0 Å². The first-order valence-electron chi connectivity index (χ1n) is 6.51. The van der Waals surface area contributed by atoms with Gasteiger partial charge in [0.25, 0.3) is 5.91 Å². The summed E-state index contributed by atoms with van der Waals surface area (Å²) in [5, 5.41) is 11.3. The van der Waals surface area contributed by atoms with Gasteiger partial charge in [0.05, 0.1) is 0 Å². The number of nitrogens with two attached hydrogens (primary N) is 1. The molecule has 106 valence electrons. The number of carbonyl (C=O) groups is 1. The number of halogens is 1. The highest BCUT2D eigenvalue weighted by Crippen LogP contribution is 2.17. The van der Waals surface area contributed by atoms with Crippen molar-refractivity contribution in [2.24, 2.45) is 0 Å². The van der Waals surface area contributed by atoms with Crippen molar-refractivity contribution >= 4 is 11.6 Å². The smallest absolute Gasteiger partial charge is 0.251 e. The Hall–Kier alpha value is -1.62. The molecule has 0 spiro atoms. The normalized spacial score (nSPS) is 10.5. The lowest BCUT2D eigenvalue weighted by Crippen LogP contribution is -2.24. The van der Waals surface area contributed by atoms with Crippen molar-refractivity contribution < 1.29 is 14.3 Å². The highest BCUT2D eigenvalue weighted by molar-refractivity contribution is 5.95. The van der Waals surface area contributed by atoms with E-state index in [9.17, 15) is 9.18 Å². The molecule has 0 aromatic heterocycles. The van der Waals surface area contributed by atoms with E-state index in [2.05, 4.69) is 5.32 Å². The molecule has 1 amide bonds. The molecule has 0 bridgehead atoms. The summed E-state index contributed by atoms with van der Waals surface area (Å²) in [4.78, 5) is 11.8. The Morgan fingerprint density at radius 1 is 1.32 bits per heavy atom. The van der Waals surface area contributed by atoms with Crippen LogP contribution in [0.5, 0.6) is 0 Å². The lowest BCUT2D eigenvalue weighted by molar-refractivity contribution is 0.0952. The van der Waals surface area contributed by atoms with Gasteiger partial charge in [-0.15, -0.1) is 0 Å². The fourth-order valence-electron chi connectivity index (χ4n) is 1.73. The first kappa shape index (κ1) is 15.4. The number of nitrogens with one attached hydrogen (secondary N) is 1. The van der Waals surface area contributed by atoms with Crippen LogP contribution in [0.4, 0.5) is 10.1 Å². The lowest BCUT2D eigenvalue weighted by atomic mass is 10.1. The molecule has 0 fully saturated rings. The quantitative estimate of drug-likeness (QED) is 0.523. The topological polar surface area (TPSA) is 75.4 Å². The molecule has 0 unspecified atom stereocenters. The maximum Gasteiger partial charge on any atom is 0.251 e. The third-order valence-corrected chi connectivity index (χ3v) is 3.02. The zero-order chi connectivity index (χ0) is 14.3. The van der Waals surface area contributed by atoms with Gasteiger partial charge in [-0.05, 0) is 31.9 Å². The number of aliphatic hydroxyl groups is 1. The van der Waals surface area contributed by atoms with E-state index in [-0.39, 0.29) is 23.8 Å². The molecule has 5 heteroatoms. The summed E-state index contributed by atoms with van der Waals surface area (Å²) in [5.74, 6) is -0.777. The predicted octanol–water partition coefficient (Wildman–Crippen LogP) is 2.00. The fourth-order valence-corrected chi connectivity index (χ4v) is 1.73. The van der Waals surface area contributed by atoms with Crippen LogP contribution in [0.15, 0.2) is 12.1 Å². The van der Waals surface area contributed by atoms with Crippen LogP contribution in [-0.2, 0) is 0 Å². The maximum absolute atomic E-state index is 13.4. The van der Waals surface area contributed by atoms with Gasteiger partial charge in [-0.25, -0.2) is 4.39 Å². The molecule has 0 saturated carbocycles. The van der Waals surface area contributed by atoms with Gasteiger partial charge in [0.2, 0.25) is 0 Å². The highest BCUT2D eigenvalue weighted by atomic mass is 19.1. The number of amides is 1. The van der Waals surface area contributed by atoms with Gasteiger partial charge in [0.15, 0.2) is 0 Å². The molecule has 0 radical (unpaired) electrons. The van der Waals surface area contributed by atoms with E-state index in [1.54, 1.807) is 6.92 Å². The summed E-state index contributed by atoms with van der Waals surface area (Å²) in [6.07, 6.45) is 3.52. The minimum absolute atomic E-state index is 0.203. The average molecular weight is 268 g/mol. The van der Waals surface area contributed by atoms with Crippen LogP contribution in [0.1, 0.15) is 41.6 Å². The van der Waals surface area contributed by atoms with Crippen molar-refractivity contribution in [1.82, 2.24) is 5.32 Å². The number of nitrogen functional groups attached to an aromatic ring is 1. The predicted molar refractivity (Wildman–Crippen MR) is 73.4 cm³/mol. The minimum atomic E-state index is -0.465. The van der Waals surface area contributed by atoms with Crippen LogP contribution in [0.25, 0.3) is 0 Å². The van der Waals surface area contributed by atoms with Crippen molar-refractivity contribution in [2.75, 3.05) is 18.9 Å². The molecule has 1 rings (SSSR count). The largest absolute Gasteiger partial charge is 0.398 e. The first-order chi connectivity index (χ1) is 9.06. The molecular weight excluding hydrogens is 247 g/mol. The highest BCUT2D eigenvalue weighted by Gasteiger charge is 2.10. The lowest BCUT2D eigenvalue weighted by Gasteiger charge is -2.08. The van der Waals surface area contributed by atoms with Crippen LogP contribution >= 0.6 is 0 Å². The molecule has 0 aliphatic heterocycles. The molecule has 19 heavy (non-hydrogen) atoms. The number of carbonyl (C=O) groups excluding carboxylic acids is 1. The summed E-state index contributed by atoms with van der Waals surface area (Å²) in [7, 11) is 0. The summed E-state index contributed by atoms with van der Waals surface area (Å²) in [6, 6.07) is 2.69. The van der Waals surface area contributed by atoms with Gasteiger partial charge in [-0.2, -0.15) is 0 Å². The van der Waals surface area contributed by atoms with Gasteiger partial charge in [-0.3, -0.25) is 4.79 Å². The molecule has 4 nitrogen and oxygen atoms in total. The summed E-state index contributed by atoms with van der Waals surface area (Å²) in [5.41, 5.74) is 6.52. The van der Waals surface area contributed by atoms with Crippen LogP contribution < -0.4 is 11.1 Å². The van der Waals surface area contributed by atoms with Crippen molar-refractivity contribution in [3.63, 3.8) is 0 Å².